The molecule has 1 aromatic rings. The van der Waals surface area contributed by atoms with Crippen molar-refractivity contribution in [1.29, 1.82) is 0 Å². The second kappa shape index (κ2) is 4.81. The lowest BCUT2D eigenvalue weighted by Crippen LogP contribution is -2.39. The third-order valence-electron chi connectivity index (χ3n) is 5.50. The van der Waals surface area contributed by atoms with Crippen molar-refractivity contribution in [3.05, 3.63) is 11.7 Å². The van der Waals surface area contributed by atoms with Gasteiger partial charge in [-0.2, -0.15) is 4.98 Å². The van der Waals surface area contributed by atoms with Crippen LogP contribution in [-0.4, -0.2) is 45.4 Å². The van der Waals surface area contributed by atoms with E-state index in [4.69, 9.17) is 4.52 Å². The van der Waals surface area contributed by atoms with Crippen LogP contribution in [0.1, 0.15) is 56.2 Å². The van der Waals surface area contributed by atoms with E-state index in [1.54, 1.807) is 0 Å². The molecule has 0 spiro atoms. The van der Waals surface area contributed by atoms with Crippen LogP contribution in [0.2, 0.25) is 0 Å². The predicted octanol–water partition coefficient (Wildman–Crippen LogP) is 1.72. The monoisotopic (exact) mass is 277 g/mol. The van der Waals surface area contributed by atoms with Crippen molar-refractivity contribution in [2.24, 2.45) is 5.92 Å². The molecular formula is C15H23N3O2. The van der Waals surface area contributed by atoms with E-state index < -0.39 is 0 Å². The van der Waals surface area contributed by atoms with E-state index in [0.29, 0.717) is 36.2 Å². The van der Waals surface area contributed by atoms with Gasteiger partial charge in [0.15, 0.2) is 5.82 Å². The van der Waals surface area contributed by atoms with Crippen LogP contribution in [0.3, 0.4) is 0 Å². The maximum absolute atomic E-state index is 9.96. The third-order valence-corrected chi connectivity index (χ3v) is 5.50. The molecule has 4 rings (SSSR count). The van der Waals surface area contributed by atoms with Crippen molar-refractivity contribution >= 4 is 0 Å². The Balaban J connectivity index is 1.43. The highest BCUT2D eigenvalue weighted by Gasteiger charge is 2.40. The van der Waals surface area contributed by atoms with Crippen LogP contribution in [0.15, 0.2) is 4.52 Å². The molecule has 2 saturated heterocycles. The van der Waals surface area contributed by atoms with E-state index in [-0.39, 0.29) is 6.10 Å². The molecule has 3 aliphatic rings. The van der Waals surface area contributed by atoms with Crippen molar-refractivity contribution in [2.45, 2.75) is 69.1 Å². The molecule has 3 atom stereocenters. The Hall–Kier alpha value is -0.940. The minimum atomic E-state index is -0.294. The Morgan fingerprint density at radius 1 is 1.25 bits per heavy atom. The van der Waals surface area contributed by atoms with Gasteiger partial charge >= 0.3 is 0 Å². The molecule has 2 aliphatic heterocycles. The lowest BCUT2D eigenvalue weighted by atomic mass is 9.90. The highest BCUT2D eigenvalue weighted by molar-refractivity contribution is 5.05. The Morgan fingerprint density at radius 3 is 2.60 bits per heavy atom. The molecule has 3 fully saturated rings. The second-order valence-corrected chi connectivity index (χ2v) is 6.87. The number of hydrogen-bond donors (Lipinski definition) is 1. The largest absolute Gasteiger partial charge is 0.392 e. The van der Waals surface area contributed by atoms with Gasteiger partial charge in [-0.15, -0.1) is 0 Å². The lowest BCUT2D eigenvalue weighted by molar-refractivity contribution is 0.140. The van der Waals surface area contributed by atoms with Crippen LogP contribution in [0.25, 0.3) is 0 Å². The van der Waals surface area contributed by atoms with Gasteiger partial charge in [0.1, 0.15) is 0 Å². The maximum Gasteiger partial charge on any atom is 0.229 e. The first kappa shape index (κ1) is 12.8. The zero-order chi connectivity index (χ0) is 13.7. The molecule has 3 heterocycles. The summed E-state index contributed by atoms with van der Waals surface area (Å²) < 4.78 is 5.35. The number of piperidine rings is 1. The Bertz CT molecular complexity index is 471. The highest BCUT2D eigenvalue weighted by atomic mass is 16.5. The molecule has 0 amide bonds. The zero-order valence-electron chi connectivity index (χ0n) is 12.0. The maximum atomic E-state index is 9.96. The average molecular weight is 277 g/mol. The van der Waals surface area contributed by atoms with Gasteiger partial charge < -0.3 is 14.5 Å². The minimum Gasteiger partial charge on any atom is -0.392 e. The van der Waals surface area contributed by atoms with Gasteiger partial charge in [0.25, 0.3) is 0 Å². The molecule has 2 bridgehead atoms. The van der Waals surface area contributed by atoms with Crippen LogP contribution >= 0.6 is 0 Å². The second-order valence-electron chi connectivity index (χ2n) is 6.87. The van der Waals surface area contributed by atoms with Crippen LogP contribution in [0.5, 0.6) is 0 Å². The summed E-state index contributed by atoms with van der Waals surface area (Å²) in [7, 11) is 2.24. The highest BCUT2D eigenvalue weighted by Crippen LogP contribution is 2.41. The molecule has 3 unspecified atom stereocenters. The van der Waals surface area contributed by atoms with E-state index in [2.05, 4.69) is 22.1 Å². The summed E-state index contributed by atoms with van der Waals surface area (Å²) in [5.41, 5.74) is 0. The van der Waals surface area contributed by atoms with Crippen molar-refractivity contribution in [3.63, 3.8) is 0 Å². The molecule has 0 radical (unpaired) electrons. The molecule has 1 N–H and O–H groups in total. The van der Waals surface area contributed by atoms with Gasteiger partial charge in [-0.05, 0) is 51.5 Å². The SMILES string of the molecule is CN1C2CCC1CC(c1noc(CC(O)C3CC3)n1)C2. The third kappa shape index (κ3) is 2.27. The summed E-state index contributed by atoms with van der Waals surface area (Å²) in [6.07, 6.45) is 7.43. The minimum absolute atomic E-state index is 0.294. The molecule has 20 heavy (non-hydrogen) atoms. The number of aromatic nitrogens is 2. The topological polar surface area (TPSA) is 62.4 Å². The van der Waals surface area contributed by atoms with Gasteiger partial charge in [-0.1, -0.05) is 5.16 Å². The summed E-state index contributed by atoms with van der Waals surface area (Å²) in [5.74, 6) is 2.39. The fraction of sp³-hybridized carbons (Fsp3) is 0.867. The normalized spacial score (nSPS) is 35.4. The molecule has 0 aromatic carbocycles. The molecule has 5 nitrogen and oxygen atoms in total. The number of fused-ring (bicyclic) bond motifs is 2. The van der Waals surface area contributed by atoms with E-state index in [0.717, 1.165) is 31.5 Å². The van der Waals surface area contributed by atoms with Gasteiger partial charge in [0, 0.05) is 18.0 Å². The zero-order valence-corrected chi connectivity index (χ0v) is 12.0. The molecule has 1 saturated carbocycles. The van der Waals surface area contributed by atoms with Gasteiger partial charge in [-0.3, -0.25) is 0 Å². The van der Waals surface area contributed by atoms with Crippen LogP contribution in [0.4, 0.5) is 0 Å². The van der Waals surface area contributed by atoms with Gasteiger partial charge in [0.2, 0.25) is 5.89 Å². The first-order chi connectivity index (χ1) is 9.70. The summed E-state index contributed by atoms with van der Waals surface area (Å²) in [4.78, 5) is 7.07. The molecule has 110 valence electrons. The van der Waals surface area contributed by atoms with Crippen molar-refractivity contribution in [3.8, 4) is 0 Å². The van der Waals surface area contributed by atoms with Crippen molar-refractivity contribution in [2.75, 3.05) is 7.05 Å². The van der Waals surface area contributed by atoms with E-state index >= 15 is 0 Å². The molecule has 5 heteroatoms. The Labute approximate surface area is 119 Å². The van der Waals surface area contributed by atoms with Crippen LogP contribution in [0, 0.1) is 5.92 Å². The van der Waals surface area contributed by atoms with Crippen molar-refractivity contribution in [1.82, 2.24) is 15.0 Å². The number of rotatable bonds is 4. The quantitative estimate of drug-likeness (QED) is 0.908. The smallest absolute Gasteiger partial charge is 0.229 e. The van der Waals surface area contributed by atoms with Crippen LogP contribution < -0.4 is 0 Å². The van der Waals surface area contributed by atoms with Crippen LogP contribution in [-0.2, 0) is 6.42 Å². The fourth-order valence-corrected chi connectivity index (χ4v) is 3.97. The Kier molecular flexibility index (Phi) is 3.07. The first-order valence-corrected chi connectivity index (χ1v) is 7.93. The summed E-state index contributed by atoms with van der Waals surface area (Å²) >= 11 is 0. The molecule has 1 aromatic heterocycles. The standard InChI is InChI=1S/C15H23N3O2/c1-18-11-4-5-12(18)7-10(6-11)15-16-14(20-17-15)8-13(19)9-2-3-9/h9-13,19H,2-8H2,1H3. The number of aliphatic hydroxyl groups is 1. The number of hydrogen-bond acceptors (Lipinski definition) is 5. The van der Waals surface area contributed by atoms with Gasteiger partial charge in [-0.25, -0.2) is 0 Å². The summed E-state index contributed by atoms with van der Waals surface area (Å²) in [6, 6.07) is 1.38. The number of nitrogens with zero attached hydrogens (tertiary/aromatic N) is 3. The molecule has 1 aliphatic carbocycles. The van der Waals surface area contributed by atoms with E-state index in [1.165, 1.54) is 12.8 Å². The van der Waals surface area contributed by atoms with E-state index in [9.17, 15) is 5.11 Å². The average Bonchev–Trinajstić information content (AvgIpc) is 3.16. The van der Waals surface area contributed by atoms with Crippen molar-refractivity contribution < 1.29 is 9.63 Å². The summed E-state index contributed by atoms with van der Waals surface area (Å²) in [6.45, 7) is 0. The van der Waals surface area contributed by atoms with E-state index in [1.807, 2.05) is 0 Å². The first-order valence-electron chi connectivity index (χ1n) is 7.93. The van der Waals surface area contributed by atoms with Gasteiger partial charge in [0.05, 0.1) is 12.5 Å². The predicted molar refractivity (Wildman–Crippen MR) is 73.3 cm³/mol. The fourth-order valence-electron chi connectivity index (χ4n) is 3.97. The summed E-state index contributed by atoms with van der Waals surface area (Å²) in [5, 5.41) is 14.1. The molecular weight excluding hydrogens is 254 g/mol. The lowest BCUT2D eigenvalue weighted by Gasteiger charge is -2.34. The number of aliphatic hydroxyl groups excluding tert-OH is 1. The Morgan fingerprint density at radius 2 is 1.95 bits per heavy atom.